The number of unbranched alkanes of at least 4 members (excludes halogenated alkanes) is 4. The Labute approximate surface area is 100 Å². The number of hydrogen-bond donors (Lipinski definition) is 0. The van der Waals surface area contributed by atoms with Gasteiger partial charge in [-0.3, -0.25) is 0 Å². The molecule has 0 fully saturated rings. The molecule has 0 bridgehead atoms. The smallest absolute Gasteiger partial charge is 0.0277 e. The zero-order chi connectivity index (χ0) is 11.8. The molecule has 1 aromatic carbocycles. The van der Waals surface area contributed by atoms with Gasteiger partial charge in [0, 0.05) is 12.0 Å². The van der Waals surface area contributed by atoms with E-state index in [0.29, 0.717) is 0 Å². The molecule has 0 aliphatic rings. The van der Waals surface area contributed by atoms with Gasteiger partial charge in [-0.05, 0) is 37.5 Å². The summed E-state index contributed by atoms with van der Waals surface area (Å²) in [5.41, 5.74) is 3.84. The molecule has 0 aliphatic heterocycles. The van der Waals surface area contributed by atoms with Crippen molar-refractivity contribution in [2.45, 2.75) is 52.9 Å². The first kappa shape index (κ1) is 12.8. The molecule has 0 heteroatoms. The fourth-order valence-electron chi connectivity index (χ4n) is 1.68. The van der Waals surface area contributed by atoms with Crippen LogP contribution in [-0.2, 0) is 0 Å². The molecule has 0 unspecified atom stereocenters. The Morgan fingerprint density at radius 3 is 2.62 bits per heavy atom. The summed E-state index contributed by atoms with van der Waals surface area (Å²) in [6.07, 6.45) is 6.23. The second-order valence-corrected chi connectivity index (χ2v) is 4.36. The highest BCUT2D eigenvalue weighted by Crippen LogP contribution is 2.11. The summed E-state index contributed by atoms with van der Waals surface area (Å²) in [6, 6.07) is 6.34. The van der Waals surface area contributed by atoms with Gasteiger partial charge in [0.25, 0.3) is 0 Å². The van der Waals surface area contributed by atoms with Gasteiger partial charge in [-0.15, -0.1) is 0 Å². The third-order valence-electron chi connectivity index (χ3n) is 2.98. The Hall–Kier alpha value is -1.22. The van der Waals surface area contributed by atoms with Crippen molar-refractivity contribution in [1.29, 1.82) is 0 Å². The SMILES string of the molecule is CCCCCCC#Cc1cccc(C)c1C. The minimum absolute atomic E-state index is 1.04. The van der Waals surface area contributed by atoms with Crippen LogP contribution in [0.3, 0.4) is 0 Å². The first-order valence-electron chi connectivity index (χ1n) is 6.30. The predicted molar refractivity (Wildman–Crippen MR) is 71.6 cm³/mol. The van der Waals surface area contributed by atoms with Gasteiger partial charge < -0.3 is 0 Å². The normalized spacial score (nSPS) is 9.69. The van der Waals surface area contributed by atoms with Crippen LogP contribution in [0.1, 0.15) is 55.7 Å². The quantitative estimate of drug-likeness (QED) is 0.506. The summed E-state index contributed by atoms with van der Waals surface area (Å²) in [6.45, 7) is 6.53. The number of hydrogen-bond acceptors (Lipinski definition) is 0. The zero-order valence-corrected chi connectivity index (χ0v) is 10.8. The van der Waals surface area contributed by atoms with Crippen LogP contribution in [0.2, 0.25) is 0 Å². The van der Waals surface area contributed by atoms with Crippen molar-refractivity contribution in [1.82, 2.24) is 0 Å². The highest BCUT2D eigenvalue weighted by molar-refractivity contribution is 5.44. The minimum atomic E-state index is 1.04. The van der Waals surface area contributed by atoms with Gasteiger partial charge in [0.05, 0.1) is 0 Å². The fraction of sp³-hybridized carbons (Fsp3) is 0.500. The molecule has 0 heterocycles. The molecule has 1 rings (SSSR count). The Kier molecular flexibility index (Phi) is 5.72. The van der Waals surface area contributed by atoms with Crippen LogP contribution in [-0.4, -0.2) is 0 Å². The summed E-state index contributed by atoms with van der Waals surface area (Å²) in [5, 5.41) is 0. The van der Waals surface area contributed by atoms with Gasteiger partial charge in [0.1, 0.15) is 0 Å². The van der Waals surface area contributed by atoms with Crippen molar-refractivity contribution < 1.29 is 0 Å². The van der Waals surface area contributed by atoms with Gasteiger partial charge in [-0.25, -0.2) is 0 Å². The lowest BCUT2D eigenvalue weighted by Gasteiger charge is -2.01. The van der Waals surface area contributed by atoms with Gasteiger partial charge in [-0.2, -0.15) is 0 Å². The number of rotatable bonds is 4. The molecule has 0 saturated carbocycles. The zero-order valence-electron chi connectivity index (χ0n) is 10.8. The van der Waals surface area contributed by atoms with E-state index >= 15 is 0 Å². The lowest BCUT2D eigenvalue weighted by molar-refractivity contribution is 0.679. The molecule has 0 N–H and O–H groups in total. The largest absolute Gasteiger partial charge is 0.0979 e. The topological polar surface area (TPSA) is 0 Å². The van der Waals surface area contributed by atoms with Crippen molar-refractivity contribution in [3.8, 4) is 11.8 Å². The summed E-state index contributed by atoms with van der Waals surface area (Å²) < 4.78 is 0. The van der Waals surface area contributed by atoms with E-state index in [2.05, 4.69) is 50.8 Å². The predicted octanol–water partition coefficient (Wildman–Crippen LogP) is 4.63. The van der Waals surface area contributed by atoms with E-state index in [0.717, 1.165) is 6.42 Å². The van der Waals surface area contributed by atoms with Crippen LogP contribution in [0, 0.1) is 25.7 Å². The number of aryl methyl sites for hydroxylation is 1. The van der Waals surface area contributed by atoms with E-state index in [-0.39, 0.29) is 0 Å². The summed E-state index contributed by atoms with van der Waals surface area (Å²) in [4.78, 5) is 0. The summed E-state index contributed by atoms with van der Waals surface area (Å²) >= 11 is 0. The molecular weight excluding hydrogens is 192 g/mol. The summed E-state index contributed by atoms with van der Waals surface area (Å²) in [5.74, 6) is 6.56. The molecule has 0 saturated heterocycles. The lowest BCUT2D eigenvalue weighted by Crippen LogP contribution is -1.85. The Morgan fingerprint density at radius 2 is 1.88 bits per heavy atom. The highest BCUT2D eigenvalue weighted by atomic mass is 14.0. The lowest BCUT2D eigenvalue weighted by atomic mass is 10.0. The van der Waals surface area contributed by atoms with Crippen molar-refractivity contribution in [2.75, 3.05) is 0 Å². The molecule has 0 nitrogen and oxygen atoms in total. The highest BCUT2D eigenvalue weighted by Gasteiger charge is 1.95. The molecule has 0 atom stereocenters. The molecule has 0 amide bonds. The van der Waals surface area contributed by atoms with Crippen molar-refractivity contribution in [3.63, 3.8) is 0 Å². The van der Waals surface area contributed by atoms with Gasteiger partial charge in [0.2, 0.25) is 0 Å². The first-order chi connectivity index (χ1) is 7.75. The molecule has 0 spiro atoms. The standard InChI is InChI=1S/C16H22/c1-4-5-6-7-8-9-12-16-13-10-11-14(2)15(16)3/h10-11,13H,4-8H2,1-3H3. The first-order valence-corrected chi connectivity index (χ1v) is 6.30. The molecule has 0 radical (unpaired) electrons. The van der Waals surface area contributed by atoms with Crippen LogP contribution in [0.5, 0.6) is 0 Å². The molecule has 16 heavy (non-hydrogen) atoms. The van der Waals surface area contributed by atoms with Gasteiger partial charge in [0.15, 0.2) is 0 Å². The minimum Gasteiger partial charge on any atom is -0.0979 e. The molecular formula is C16H22. The maximum absolute atomic E-state index is 3.28. The van der Waals surface area contributed by atoms with E-state index in [4.69, 9.17) is 0 Å². The second-order valence-electron chi connectivity index (χ2n) is 4.36. The van der Waals surface area contributed by atoms with Crippen LogP contribution in [0.15, 0.2) is 18.2 Å². The van der Waals surface area contributed by atoms with Gasteiger partial charge >= 0.3 is 0 Å². The van der Waals surface area contributed by atoms with Crippen LogP contribution in [0.25, 0.3) is 0 Å². The molecule has 0 aliphatic carbocycles. The van der Waals surface area contributed by atoms with E-state index in [1.807, 2.05) is 0 Å². The molecule has 1 aromatic rings. The van der Waals surface area contributed by atoms with Crippen LogP contribution < -0.4 is 0 Å². The fourth-order valence-corrected chi connectivity index (χ4v) is 1.68. The summed E-state index contributed by atoms with van der Waals surface area (Å²) in [7, 11) is 0. The van der Waals surface area contributed by atoms with Crippen molar-refractivity contribution >= 4 is 0 Å². The van der Waals surface area contributed by atoms with Crippen molar-refractivity contribution in [2.24, 2.45) is 0 Å². The monoisotopic (exact) mass is 214 g/mol. The Balaban J connectivity index is 2.47. The maximum atomic E-state index is 3.28. The third kappa shape index (κ3) is 4.11. The van der Waals surface area contributed by atoms with E-state index in [1.54, 1.807) is 0 Å². The second kappa shape index (κ2) is 7.12. The van der Waals surface area contributed by atoms with E-state index in [1.165, 1.54) is 42.4 Å². The average Bonchev–Trinajstić information content (AvgIpc) is 2.29. The molecule has 0 aromatic heterocycles. The van der Waals surface area contributed by atoms with Crippen LogP contribution >= 0.6 is 0 Å². The van der Waals surface area contributed by atoms with E-state index < -0.39 is 0 Å². The molecule has 86 valence electrons. The van der Waals surface area contributed by atoms with E-state index in [9.17, 15) is 0 Å². The van der Waals surface area contributed by atoms with Crippen LogP contribution in [0.4, 0.5) is 0 Å². The number of benzene rings is 1. The Bertz CT molecular complexity index is 377. The third-order valence-corrected chi connectivity index (χ3v) is 2.98. The van der Waals surface area contributed by atoms with Gasteiger partial charge in [-0.1, -0.05) is 50.2 Å². The van der Waals surface area contributed by atoms with Crippen molar-refractivity contribution in [3.05, 3.63) is 34.9 Å². The Morgan fingerprint density at radius 1 is 1.06 bits per heavy atom. The maximum Gasteiger partial charge on any atom is 0.0277 e. The average molecular weight is 214 g/mol.